The Morgan fingerprint density at radius 1 is 1.25 bits per heavy atom. The topological polar surface area (TPSA) is 41.6 Å². The van der Waals surface area contributed by atoms with Gasteiger partial charge in [0, 0.05) is 10.7 Å². The van der Waals surface area contributed by atoms with Crippen molar-refractivity contribution in [1.29, 1.82) is 0 Å². The predicted molar refractivity (Wildman–Crippen MR) is 85.4 cm³/mol. The molecule has 0 aromatic heterocycles. The summed E-state index contributed by atoms with van der Waals surface area (Å²) in [6.45, 7) is 0.814. The fraction of sp³-hybridized carbons (Fsp3) is 0.562. The second-order valence-electron chi connectivity index (χ2n) is 5.94. The third kappa shape index (κ3) is 2.93. The summed E-state index contributed by atoms with van der Waals surface area (Å²) in [7, 11) is 0. The van der Waals surface area contributed by atoms with Gasteiger partial charge in [-0.1, -0.05) is 49.8 Å². The Hall–Kier alpha value is -1.22. The van der Waals surface area contributed by atoms with Gasteiger partial charge in [0.1, 0.15) is 0 Å². The van der Waals surface area contributed by atoms with Gasteiger partial charge in [-0.05, 0) is 30.5 Å². The van der Waals surface area contributed by atoms with E-state index >= 15 is 0 Å². The molecular formula is C16H22ClN3. The van der Waals surface area contributed by atoms with Crippen molar-refractivity contribution in [3.8, 4) is 0 Å². The molecule has 1 heterocycles. The Morgan fingerprint density at radius 3 is 2.80 bits per heavy atom. The number of benzene rings is 1. The molecular weight excluding hydrogens is 270 g/mol. The number of hydrogen-bond donors (Lipinski definition) is 1. The normalized spacial score (nSPS) is 23.9. The average molecular weight is 292 g/mol. The van der Waals surface area contributed by atoms with Crippen LogP contribution in [0.5, 0.6) is 0 Å². The summed E-state index contributed by atoms with van der Waals surface area (Å²) in [6, 6.07) is 8.30. The third-order valence-electron chi connectivity index (χ3n) is 4.49. The predicted octanol–water partition coefficient (Wildman–Crippen LogP) is 3.81. The second-order valence-corrected chi connectivity index (χ2v) is 6.38. The van der Waals surface area contributed by atoms with E-state index in [-0.39, 0.29) is 0 Å². The van der Waals surface area contributed by atoms with Crippen LogP contribution >= 0.6 is 11.6 Å². The number of anilines is 1. The van der Waals surface area contributed by atoms with E-state index in [9.17, 15) is 0 Å². The summed E-state index contributed by atoms with van der Waals surface area (Å²) in [5, 5.41) is 0.749. The highest BCUT2D eigenvalue weighted by Crippen LogP contribution is 2.32. The standard InChI is InChI=1S/C16H22ClN3/c17-13-7-4-8-14(10-13)20-15(11-19-16(20)18)9-12-5-2-1-3-6-12/h4,7-8,10,12,15H,1-3,5-6,9,11H2,(H2,18,19). The van der Waals surface area contributed by atoms with Gasteiger partial charge in [-0.2, -0.15) is 0 Å². The molecule has 1 saturated carbocycles. The molecule has 4 heteroatoms. The van der Waals surface area contributed by atoms with Gasteiger partial charge in [0.05, 0.1) is 12.6 Å². The molecule has 0 bridgehead atoms. The van der Waals surface area contributed by atoms with Crippen molar-refractivity contribution < 1.29 is 0 Å². The Bertz CT molecular complexity index is 494. The van der Waals surface area contributed by atoms with Gasteiger partial charge < -0.3 is 10.6 Å². The molecule has 3 rings (SSSR count). The monoisotopic (exact) mass is 291 g/mol. The number of nitrogens with zero attached hydrogens (tertiary/aromatic N) is 2. The quantitative estimate of drug-likeness (QED) is 0.920. The first-order valence-electron chi connectivity index (χ1n) is 7.59. The average Bonchev–Trinajstić information content (AvgIpc) is 2.81. The fourth-order valence-corrected chi connectivity index (χ4v) is 3.68. The van der Waals surface area contributed by atoms with Crippen molar-refractivity contribution in [2.75, 3.05) is 11.4 Å². The van der Waals surface area contributed by atoms with Gasteiger partial charge in [-0.25, -0.2) is 0 Å². The van der Waals surface area contributed by atoms with E-state index in [4.69, 9.17) is 17.3 Å². The Kier molecular flexibility index (Phi) is 4.16. The molecule has 2 aliphatic rings. The molecule has 0 spiro atoms. The lowest BCUT2D eigenvalue weighted by molar-refractivity contribution is 0.322. The molecule has 2 N–H and O–H groups in total. The zero-order chi connectivity index (χ0) is 13.9. The highest BCUT2D eigenvalue weighted by molar-refractivity contribution is 6.30. The third-order valence-corrected chi connectivity index (χ3v) is 4.73. The van der Waals surface area contributed by atoms with Gasteiger partial charge in [0.2, 0.25) is 0 Å². The molecule has 1 atom stereocenters. The number of halogens is 1. The number of rotatable bonds is 3. The summed E-state index contributed by atoms with van der Waals surface area (Å²) in [6.07, 6.45) is 8.07. The molecule has 1 aromatic carbocycles. The van der Waals surface area contributed by atoms with Crippen LogP contribution in [0.3, 0.4) is 0 Å². The molecule has 1 unspecified atom stereocenters. The molecule has 0 amide bonds. The van der Waals surface area contributed by atoms with Gasteiger partial charge in [0.15, 0.2) is 5.96 Å². The molecule has 20 heavy (non-hydrogen) atoms. The first-order valence-corrected chi connectivity index (χ1v) is 7.96. The van der Waals surface area contributed by atoms with Crippen LogP contribution in [0.15, 0.2) is 29.3 Å². The van der Waals surface area contributed by atoms with E-state index in [2.05, 4.69) is 16.0 Å². The van der Waals surface area contributed by atoms with Gasteiger partial charge in [-0.3, -0.25) is 4.99 Å². The smallest absolute Gasteiger partial charge is 0.196 e. The number of nitrogens with two attached hydrogens (primary N) is 1. The van der Waals surface area contributed by atoms with E-state index in [1.165, 1.54) is 38.5 Å². The molecule has 0 saturated heterocycles. The lowest BCUT2D eigenvalue weighted by Gasteiger charge is -2.31. The fourth-order valence-electron chi connectivity index (χ4n) is 3.50. The summed E-state index contributed by atoms with van der Waals surface area (Å²) in [5.41, 5.74) is 7.16. The largest absolute Gasteiger partial charge is 0.370 e. The minimum absolute atomic E-state index is 0.400. The Morgan fingerprint density at radius 2 is 2.05 bits per heavy atom. The zero-order valence-electron chi connectivity index (χ0n) is 11.8. The van der Waals surface area contributed by atoms with Crippen LogP contribution < -0.4 is 10.6 Å². The van der Waals surface area contributed by atoms with E-state index in [1.54, 1.807) is 0 Å². The van der Waals surface area contributed by atoms with Crippen molar-refractivity contribution >= 4 is 23.2 Å². The van der Waals surface area contributed by atoms with Crippen molar-refractivity contribution in [3.05, 3.63) is 29.3 Å². The number of aliphatic imine (C=N–C) groups is 1. The van der Waals surface area contributed by atoms with Crippen LogP contribution in [0.4, 0.5) is 5.69 Å². The van der Waals surface area contributed by atoms with E-state index in [0.717, 1.165) is 23.2 Å². The molecule has 1 aliphatic carbocycles. The maximum Gasteiger partial charge on any atom is 0.196 e. The van der Waals surface area contributed by atoms with Crippen molar-refractivity contribution in [2.45, 2.75) is 44.6 Å². The summed E-state index contributed by atoms with van der Waals surface area (Å²) < 4.78 is 0. The van der Waals surface area contributed by atoms with Crippen LogP contribution in [0.25, 0.3) is 0 Å². The first-order chi connectivity index (χ1) is 9.74. The maximum atomic E-state index is 6.10. The SMILES string of the molecule is NC1=NCC(CC2CCCCC2)N1c1cccc(Cl)c1. The van der Waals surface area contributed by atoms with Gasteiger partial charge in [-0.15, -0.1) is 0 Å². The van der Waals surface area contributed by atoms with Crippen LogP contribution in [-0.4, -0.2) is 18.5 Å². The van der Waals surface area contributed by atoms with Gasteiger partial charge >= 0.3 is 0 Å². The minimum Gasteiger partial charge on any atom is -0.370 e. The van der Waals surface area contributed by atoms with E-state index in [1.807, 2.05) is 18.2 Å². The molecule has 1 fully saturated rings. The second kappa shape index (κ2) is 6.04. The van der Waals surface area contributed by atoms with Crippen molar-refractivity contribution in [1.82, 2.24) is 0 Å². The summed E-state index contributed by atoms with van der Waals surface area (Å²) in [4.78, 5) is 6.61. The summed E-state index contributed by atoms with van der Waals surface area (Å²) in [5.74, 6) is 1.46. The molecule has 0 radical (unpaired) electrons. The summed E-state index contributed by atoms with van der Waals surface area (Å²) >= 11 is 6.10. The number of hydrogen-bond acceptors (Lipinski definition) is 3. The molecule has 108 valence electrons. The Labute approximate surface area is 125 Å². The van der Waals surface area contributed by atoms with Crippen LogP contribution in [0, 0.1) is 5.92 Å². The van der Waals surface area contributed by atoms with Crippen LogP contribution in [-0.2, 0) is 0 Å². The lowest BCUT2D eigenvalue weighted by atomic mass is 9.84. The lowest BCUT2D eigenvalue weighted by Crippen LogP contribution is -2.42. The van der Waals surface area contributed by atoms with Crippen molar-refractivity contribution in [2.24, 2.45) is 16.6 Å². The first kappa shape index (κ1) is 13.7. The molecule has 1 aliphatic heterocycles. The zero-order valence-corrected chi connectivity index (χ0v) is 12.5. The van der Waals surface area contributed by atoms with E-state index < -0.39 is 0 Å². The highest BCUT2D eigenvalue weighted by Gasteiger charge is 2.30. The van der Waals surface area contributed by atoms with E-state index in [0.29, 0.717) is 12.0 Å². The van der Waals surface area contributed by atoms with Gasteiger partial charge in [0.25, 0.3) is 0 Å². The molecule has 1 aromatic rings. The van der Waals surface area contributed by atoms with Crippen LogP contribution in [0.2, 0.25) is 5.02 Å². The van der Waals surface area contributed by atoms with Crippen molar-refractivity contribution in [3.63, 3.8) is 0 Å². The highest BCUT2D eigenvalue weighted by atomic mass is 35.5. The van der Waals surface area contributed by atoms with Crippen LogP contribution in [0.1, 0.15) is 38.5 Å². The minimum atomic E-state index is 0.400. The number of guanidine groups is 1. The maximum absolute atomic E-state index is 6.10. The Balaban J connectivity index is 1.74. The molecule has 3 nitrogen and oxygen atoms in total.